The first-order chi connectivity index (χ1) is 14.3. The summed E-state index contributed by atoms with van der Waals surface area (Å²) in [6.07, 6.45) is 2.48. The first-order valence-corrected chi connectivity index (χ1v) is 8.74. The summed E-state index contributed by atoms with van der Waals surface area (Å²) in [5.41, 5.74) is 5.64. The zero-order valence-electron chi connectivity index (χ0n) is 16.1. The lowest BCUT2D eigenvalue weighted by atomic mass is 10.2. The number of benzene rings is 1. The summed E-state index contributed by atoms with van der Waals surface area (Å²) in [6.45, 7) is 3.77. The van der Waals surface area contributed by atoms with Gasteiger partial charge < -0.3 is 9.67 Å². The van der Waals surface area contributed by atoms with Crippen LogP contribution < -0.4 is 5.43 Å². The Balaban J connectivity index is 1.75. The number of hydrogen-bond donors (Lipinski definition) is 2. The molecule has 0 aliphatic rings. The SMILES string of the molecule is Cc1cc(/C=N/NC(=O)c2ccc([N+](=O)[O-])cn2)c(C)n1-c1ccc(C(=O)O)cc1. The fourth-order valence-corrected chi connectivity index (χ4v) is 2.91. The summed E-state index contributed by atoms with van der Waals surface area (Å²) >= 11 is 0. The molecule has 1 aromatic carbocycles. The Hall–Kier alpha value is -4.34. The van der Waals surface area contributed by atoms with Gasteiger partial charge in [-0.05, 0) is 50.2 Å². The number of nitrogens with zero attached hydrogens (tertiary/aromatic N) is 4. The number of amides is 1. The molecule has 0 aliphatic carbocycles. The third-order valence-electron chi connectivity index (χ3n) is 4.40. The highest BCUT2D eigenvalue weighted by molar-refractivity contribution is 5.93. The fraction of sp³-hybridized carbons (Fsp3) is 0.100. The van der Waals surface area contributed by atoms with Crippen LogP contribution in [0.25, 0.3) is 5.69 Å². The third kappa shape index (κ3) is 4.22. The van der Waals surface area contributed by atoms with E-state index in [-0.39, 0.29) is 16.9 Å². The van der Waals surface area contributed by atoms with Crippen LogP contribution in [0.4, 0.5) is 5.69 Å². The van der Waals surface area contributed by atoms with Crippen molar-refractivity contribution in [2.45, 2.75) is 13.8 Å². The highest BCUT2D eigenvalue weighted by Crippen LogP contribution is 2.20. The first-order valence-electron chi connectivity index (χ1n) is 8.74. The van der Waals surface area contributed by atoms with Gasteiger partial charge in [-0.3, -0.25) is 14.9 Å². The number of hydrazone groups is 1. The molecule has 0 fully saturated rings. The van der Waals surface area contributed by atoms with Crippen molar-refractivity contribution in [2.75, 3.05) is 0 Å². The molecule has 0 saturated carbocycles. The molecule has 0 unspecified atom stereocenters. The summed E-state index contributed by atoms with van der Waals surface area (Å²) in [7, 11) is 0. The van der Waals surface area contributed by atoms with Gasteiger partial charge in [0.25, 0.3) is 11.6 Å². The molecular weight excluding hydrogens is 390 g/mol. The third-order valence-corrected chi connectivity index (χ3v) is 4.40. The van der Waals surface area contributed by atoms with Gasteiger partial charge >= 0.3 is 5.97 Å². The van der Waals surface area contributed by atoms with E-state index in [4.69, 9.17) is 5.11 Å². The van der Waals surface area contributed by atoms with Gasteiger partial charge in [-0.2, -0.15) is 5.10 Å². The number of aromatic carboxylic acids is 1. The minimum Gasteiger partial charge on any atom is -0.478 e. The number of aromatic nitrogens is 2. The molecule has 152 valence electrons. The number of carboxylic acid groups (broad SMARTS) is 1. The van der Waals surface area contributed by atoms with Gasteiger partial charge in [0.05, 0.1) is 16.7 Å². The molecule has 0 atom stereocenters. The highest BCUT2D eigenvalue weighted by Gasteiger charge is 2.12. The van der Waals surface area contributed by atoms with Crippen molar-refractivity contribution in [3.8, 4) is 5.69 Å². The van der Waals surface area contributed by atoms with Crippen LogP contribution in [-0.4, -0.2) is 37.7 Å². The van der Waals surface area contributed by atoms with Gasteiger partial charge in [0.1, 0.15) is 11.9 Å². The summed E-state index contributed by atoms with van der Waals surface area (Å²) in [6, 6.07) is 10.8. The molecule has 2 N–H and O–H groups in total. The maximum absolute atomic E-state index is 12.1. The van der Waals surface area contributed by atoms with Gasteiger partial charge in [0.15, 0.2) is 0 Å². The largest absolute Gasteiger partial charge is 0.478 e. The van der Waals surface area contributed by atoms with E-state index in [0.717, 1.165) is 28.8 Å². The number of carbonyl (C=O) groups is 2. The number of nitrogens with one attached hydrogen (secondary N) is 1. The van der Waals surface area contributed by atoms with Gasteiger partial charge in [-0.15, -0.1) is 0 Å². The van der Waals surface area contributed by atoms with Crippen LogP contribution in [0.1, 0.15) is 37.8 Å². The first kappa shape index (κ1) is 20.4. The molecule has 0 bridgehead atoms. The minimum atomic E-state index is -0.992. The lowest BCUT2D eigenvalue weighted by Crippen LogP contribution is -2.19. The van der Waals surface area contributed by atoms with Crippen LogP contribution in [-0.2, 0) is 0 Å². The number of hydrogen-bond acceptors (Lipinski definition) is 6. The monoisotopic (exact) mass is 407 g/mol. The zero-order valence-corrected chi connectivity index (χ0v) is 16.1. The second kappa shape index (κ2) is 8.35. The molecule has 0 aliphatic heterocycles. The van der Waals surface area contributed by atoms with E-state index in [2.05, 4.69) is 15.5 Å². The van der Waals surface area contributed by atoms with Crippen LogP contribution in [0.5, 0.6) is 0 Å². The van der Waals surface area contributed by atoms with E-state index in [1.54, 1.807) is 12.1 Å². The van der Waals surface area contributed by atoms with Gasteiger partial charge in [0, 0.05) is 28.7 Å². The van der Waals surface area contributed by atoms with E-state index >= 15 is 0 Å². The van der Waals surface area contributed by atoms with E-state index in [1.165, 1.54) is 30.5 Å². The molecule has 2 aromatic heterocycles. The lowest BCUT2D eigenvalue weighted by Gasteiger charge is -2.09. The van der Waals surface area contributed by atoms with Crippen LogP contribution in [0, 0.1) is 24.0 Å². The van der Waals surface area contributed by atoms with Crippen molar-refractivity contribution in [3.05, 3.63) is 87.0 Å². The minimum absolute atomic E-state index is 0.00161. The van der Waals surface area contributed by atoms with Crippen molar-refractivity contribution in [1.82, 2.24) is 15.0 Å². The average Bonchev–Trinajstić information content (AvgIpc) is 3.01. The van der Waals surface area contributed by atoms with E-state index in [0.29, 0.717) is 0 Å². The van der Waals surface area contributed by atoms with Crippen molar-refractivity contribution in [1.29, 1.82) is 0 Å². The summed E-state index contributed by atoms with van der Waals surface area (Å²) in [5, 5.41) is 23.6. The van der Waals surface area contributed by atoms with Crippen molar-refractivity contribution < 1.29 is 19.6 Å². The standard InChI is InChI=1S/C20H17N5O5/c1-12-9-15(13(2)24(12)16-5-3-14(4-6-16)20(27)28)10-22-23-19(26)18-8-7-17(11-21-18)25(29)30/h3-11H,1-2H3,(H,23,26)(H,27,28)/b22-10+. The number of nitro groups is 1. The number of carbonyl (C=O) groups excluding carboxylic acids is 1. The smallest absolute Gasteiger partial charge is 0.335 e. The molecule has 3 aromatic rings. The number of aryl methyl sites for hydroxylation is 1. The normalized spacial score (nSPS) is 10.9. The Morgan fingerprint density at radius 1 is 1.20 bits per heavy atom. The van der Waals surface area contributed by atoms with Gasteiger partial charge in [-0.25, -0.2) is 15.2 Å². The van der Waals surface area contributed by atoms with Crippen molar-refractivity contribution in [2.24, 2.45) is 5.10 Å². The fourth-order valence-electron chi connectivity index (χ4n) is 2.91. The van der Waals surface area contributed by atoms with Crippen LogP contribution >= 0.6 is 0 Å². The van der Waals surface area contributed by atoms with E-state index in [1.807, 2.05) is 24.5 Å². The lowest BCUT2D eigenvalue weighted by molar-refractivity contribution is -0.385. The quantitative estimate of drug-likeness (QED) is 0.366. The zero-order chi connectivity index (χ0) is 21.8. The number of carboxylic acids is 1. The average molecular weight is 407 g/mol. The molecule has 0 spiro atoms. The second-order valence-electron chi connectivity index (χ2n) is 6.37. The Kier molecular flexibility index (Phi) is 5.68. The second-order valence-corrected chi connectivity index (χ2v) is 6.37. The predicted molar refractivity (Wildman–Crippen MR) is 108 cm³/mol. The van der Waals surface area contributed by atoms with Crippen LogP contribution in [0.2, 0.25) is 0 Å². The molecule has 30 heavy (non-hydrogen) atoms. The molecule has 10 nitrogen and oxygen atoms in total. The van der Waals surface area contributed by atoms with Crippen molar-refractivity contribution in [3.63, 3.8) is 0 Å². The molecule has 2 heterocycles. The van der Waals surface area contributed by atoms with Crippen LogP contribution in [0.3, 0.4) is 0 Å². The summed E-state index contributed by atoms with van der Waals surface area (Å²) < 4.78 is 1.94. The molecule has 10 heteroatoms. The molecule has 0 saturated heterocycles. The summed E-state index contributed by atoms with van der Waals surface area (Å²) in [5.74, 6) is -1.59. The Labute approximate surface area is 170 Å². The van der Waals surface area contributed by atoms with Gasteiger partial charge in [0.2, 0.25) is 0 Å². The number of rotatable bonds is 6. The highest BCUT2D eigenvalue weighted by atomic mass is 16.6. The topological polar surface area (TPSA) is 140 Å². The molecular formula is C20H17N5O5. The van der Waals surface area contributed by atoms with E-state index in [9.17, 15) is 19.7 Å². The predicted octanol–water partition coefficient (Wildman–Crippen LogP) is 2.86. The molecule has 3 rings (SSSR count). The maximum atomic E-state index is 12.1. The van der Waals surface area contributed by atoms with Crippen molar-refractivity contribution >= 4 is 23.8 Å². The van der Waals surface area contributed by atoms with E-state index < -0.39 is 16.8 Å². The number of pyridine rings is 1. The van der Waals surface area contributed by atoms with Crippen LogP contribution in [0.15, 0.2) is 53.8 Å². The molecule has 1 amide bonds. The maximum Gasteiger partial charge on any atom is 0.335 e. The Morgan fingerprint density at radius 2 is 1.90 bits per heavy atom. The summed E-state index contributed by atoms with van der Waals surface area (Å²) in [4.78, 5) is 36.9. The Bertz CT molecular complexity index is 1150. The van der Waals surface area contributed by atoms with Gasteiger partial charge in [-0.1, -0.05) is 0 Å². The Morgan fingerprint density at radius 3 is 2.47 bits per heavy atom. The molecule has 0 radical (unpaired) electrons.